The normalized spacial score (nSPS) is 11.0. The minimum absolute atomic E-state index is 0.120. The molecule has 1 heterocycles. The SMILES string of the molecule is COc1cc(C#CCN(C)C)c([N+](=O)[O-])cc1Nc1ncc(Cl)c(Nc2ccccc2P(C)(C)=O)n1. The lowest BCUT2D eigenvalue weighted by Gasteiger charge is -2.16. The summed E-state index contributed by atoms with van der Waals surface area (Å²) >= 11 is 6.32. The van der Waals surface area contributed by atoms with Crippen LogP contribution < -0.4 is 20.7 Å². The highest BCUT2D eigenvalue weighted by Gasteiger charge is 2.20. The van der Waals surface area contributed by atoms with Crippen molar-refractivity contribution in [1.29, 1.82) is 0 Å². The number of nitrogens with zero attached hydrogens (tertiary/aromatic N) is 4. The first-order valence-electron chi connectivity index (χ1n) is 10.7. The number of aromatic nitrogens is 2. The maximum atomic E-state index is 12.7. The van der Waals surface area contributed by atoms with E-state index in [4.69, 9.17) is 16.3 Å². The number of para-hydroxylation sites is 1. The first kappa shape index (κ1) is 27.0. The first-order chi connectivity index (χ1) is 17.0. The zero-order chi connectivity index (χ0) is 26.5. The van der Waals surface area contributed by atoms with Crippen molar-refractivity contribution in [3.8, 4) is 17.6 Å². The zero-order valence-electron chi connectivity index (χ0n) is 20.5. The molecule has 188 valence electrons. The van der Waals surface area contributed by atoms with Crippen LogP contribution in [0.3, 0.4) is 0 Å². The number of nitro benzene ring substituents is 1. The van der Waals surface area contributed by atoms with Gasteiger partial charge in [0.25, 0.3) is 5.69 Å². The fraction of sp³-hybridized carbons (Fsp3) is 0.250. The summed E-state index contributed by atoms with van der Waals surface area (Å²) in [5, 5.41) is 18.7. The minimum atomic E-state index is -2.58. The Morgan fingerprint density at radius 2 is 1.92 bits per heavy atom. The second kappa shape index (κ2) is 11.4. The average Bonchev–Trinajstić information content (AvgIpc) is 2.81. The van der Waals surface area contributed by atoms with Crippen LogP contribution in [0.25, 0.3) is 0 Å². The van der Waals surface area contributed by atoms with Crippen LogP contribution in [0.2, 0.25) is 5.02 Å². The van der Waals surface area contributed by atoms with Crippen molar-refractivity contribution in [3.63, 3.8) is 0 Å². The minimum Gasteiger partial charge on any atom is -0.495 e. The van der Waals surface area contributed by atoms with Gasteiger partial charge in [0.05, 0.1) is 36.1 Å². The predicted octanol–water partition coefficient (Wildman–Crippen LogP) is 4.70. The molecule has 36 heavy (non-hydrogen) atoms. The van der Waals surface area contributed by atoms with E-state index in [9.17, 15) is 14.7 Å². The van der Waals surface area contributed by atoms with Gasteiger partial charge in [-0.25, -0.2) is 4.98 Å². The summed E-state index contributed by atoms with van der Waals surface area (Å²) in [5.41, 5.74) is 0.921. The molecular formula is C24H26ClN6O4P. The number of anilines is 4. The van der Waals surface area contributed by atoms with Crippen molar-refractivity contribution in [2.45, 2.75) is 0 Å². The van der Waals surface area contributed by atoms with Gasteiger partial charge in [-0.3, -0.25) is 15.0 Å². The van der Waals surface area contributed by atoms with Gasteiger partial charge in [0.2, 0.25) is 5.95 Å². The van der Waals surface area contributed by atoms with Gasteiger partial charge < -0.3 is 19.9 Å². The third kappa shape index (κ3) is 6.73. The number of hydrogen-bond donors (Lipinski definition) is 2. The van der Waals surface area contributed by atoms with Crippen LogP contribution in [0, 0.1) is 22.0 Å². The Balaban J connectivity index is 1.98. The molecule has 0 atom stereocenters. The van der Waals surface area contributed by atoms with Gasteiger partial charge in [0.1, 0.15) is 23.5 Å². The smallest absolute Gasteiger partial charge is 0.287 e. The molecule has 0 bridgehead atoms. The van der Waals surface area contributed by atoms with Crippen LogP contribution in [-0.4, -0.2) is 60.9 Å². The fourth-order valence-electron chi connectivity index (χ4n) is 3.19. The van der Waals surface area contributed by atoms with Gasteiger partial charge in [-0.1, -0.05) is 35.6 Å². The monoisotopic (exact) mass is 528 g/mol. The summed E-state index contributed by atoms with van der Waals surface area (Å²) in [6.07, 6.45) is 1.39. The predicted molar refractivity (Wildman–Crippen MR) is 144 cm³/mol. The molecular weight excluding hydrogens is 503 g/mol. The highest BCUT2D eigenvalue weighted by atomic mass is 35.5. The summed E-state index contributed by atoms with van der Waals surface area (Å²) in [6.45, 7) is 3.80. The molecule has 0 fully saturated rings. The summed E-state index contributed by atoms with van der Waals surface area (Å²) in [6, 6.07) is 10.00. The van der Waals surface area contributed by atoms with Crippen LogP contribution in [0.15, 0.2) is 42.6 Å². The lowest BCUT2D eigenvalue weighted by Crippen LogP contribution is -2.11. The number of nitrogens with one attached hydrogen (secondary N) is 2. The second-order valence-corrected chi connectivity index (χ2v) is 12.0. The second-order valence-electron chi connectivity index (χ2n) is 8.37. The van der Waals surface area contributed by atoms with E-state index in [2.05, 4.69) is 32.4 Å². The number of nitro groups is 1. The topological polar surface area (TPSA) is 123 Å². The molecule has 0 spiro atoms. The lowest BCUT2D eigenvalue weighted by atomic mass is 10.1. The molecule has 10 nitrogen and oxygen atoms in total. The Morgan fingerprint density at radius 1 is 1.19 bits per heavy atom. The number of hydrogen-bond acceptors (Lipinski definition) is 9. The first-order valence-corrected chi connectivity index (χ1v) is 13.7. The Labute approximate surface area is 214 Å². The van der Waals surface area contributed by atoms with Crippen LogP contribution in [0.4, 0.5) is 28.8 Å². The average molecular weight is 529 g/mol. The molecule has 2 N–H and O–H groups in total. The van der Waals surface area contributed by atoms with Crippen molar-refractivity contribution in [1.82, 2.24) is 14.9 Å². The Bertz CT molecular complexity index is 1400. The number of rotatable bonds is 8. The van der Waals surface area contributed by atoms with Gasteiger partial charge >= 0.3 is 0 Å². The third-order valence-corrected chi connectivity index (χ3v) is 6.69. The van der Waals surface area contributed by atoms with E-state index in [1.54, 1.807) is 25.5 Å². The van der Waals surface area contributed by atoms with Crippen LogP contribution in [0.5, 0.6) is 5.75 Å². The number of ether oxygens (including phenoxy) is 1. The molecule has 1 aromatic heterocycles. The molecule has 2 aromatic carbocycles. The highest BCUT2D eigenvalue weighted by Crippen LogP contribution is 2.39. The van der Waals surface area contributed by atoms with Crippen molar-refractivity contribution in [2.75, 3.05) is 51.7 Å². The number of halogens is 1. The van der Waals surface area contributed by atoms with Gasteiger partial charge in [0.15, 0.2) is 5.82 Å². The van der Waals surface area contributed by atoms with Crippen LogP contribution >= 0.6 is 18.7 Å². The standard InChI is InChI=1S/C24H26ClN6O4P/c1-30(2)12-8-9-16-13-21(35-3)19(14-20(16)31(32)33)28-24-26-15-17(25)23(29-24)27-18-10-6-7-11-22(18)36(4,5)34/h6-7,10-11,13-15H,12H2,1-5H3,(H2,26,27,28,29). The molecule has 0 amide bonds. The van der Waals surface area contributed by atoms with Crippen molar-refractivity contribution >= 4 is 52.9 Å². The maximum Gasteiger partial charge on any atom is 0.287 e. The summed E-state index contributed by atoms with van der Waals surface area (Å²) in [7, 11) is 2.58. The third-order valence-electron chi connectivity index (χ3n) is 4.86. The lowest BCUT2D eigenvalue weighted by molar-refractivity contribution is -0.385. The molecule has 3 rings (SSSR count). The highest BCUT2D eigenvalue weighted by molar-refractivity contribution is 7.70. The fourth-order valence-corrected chi connectivity index (χ4v) is 4.48. The molecule has 12 heteroatoms. The molecule has 0 saturated heterocycles. The maximum absolute atomic E-state index is 12.7. The summed E-state index contributed by atoms with van der Waals surface area (Å²) < 4.78 is 18.1. The van der Waals surface area contributed by atoms with E-state index >= 15 is 0 Å². The van der Waals surface area contributed by atoms with Gasteiger partial charge in [0, 0.05) is 17.4 Å². The molecule has 0 aliphatic heterocycles. The molecule has 0 radical (unpaired) electrons. The zero-order valence-corrected chi connectivity index (χ0v) is 22.1. The summed E-state index contributed by atoms with van der Waals surface area (Å²) in [5.74, 6) is 6.44. The van der Waals surface area contributed by atoms with Crippen molar-refractivity contribution in [3.05, 3.63) is 63.3 Å². The van der Waals surface area contributed by atoms with E-state index in [1.165, 1.54) is 25.4 Å². The Morgan fingerprint density at radius 3 is 2.56 bits per heavy atom. The number of benzene rings is 2. The van der Waals surface area contributed by atoms with Gasteiger partial charge in [-0.2, -0.15) is 4.98 Å². The summed E-state index contributed by atoms with van der Waals surface area (Å²) in [4.78, 5) is 21.7. The Hall–Kier alpha value is -3.64. The van der Waals surface area contributed by atoms with Crippen LogP contribution in [0.1, 0.15) is 5.56 Å². The van der Waals surface area contributed by atoms with E-state index in [-0.39, 0.29) is 33.7 Å². The van der Waals surface area contributed by atoms with E-state index < -0.39 is 12.1 Å². The molecule has 0 unspecified atom stereocenters. The molecule has 3 aromatic rings. The molecule has 0 aliphatic rings. The number of methoxy groups -OCH3 is 1. The van der Waals surface area contributed by atoms with E-state index in [0.29, 0.717) is 23.3 Å². The quantitative estimate of drug-likeness (QED) is 0.185. The van der Waals surface area contributed by atoms with E-state index in [1.807, 2.05) is 31.1 Å². The molecule has 0 aliphatic carbocycles. The van der Waals surface area contributed by atoms with Gasteiger partial charge in [-0.05, 0) is 39.6 Å². The molecule has 0 saturated carbocycles. The van der Waals surface area contributed by atoms with Crippen molar-refractivity contribution < 1.29 is 14.2 Å². The van der Waals surface area contributed by atoms with Crippen molar-refractivity contribution in [2.24, 2.45) is 0 Å². The largest absolute Gasteiger partial charge is 0.495 e. The Kier molecular flexibility index (Phi) is 8.53. The van der Waals surface area contributed by atoms with Crippen LogP contribution in [-0.2, 0) is 4.57 Å². The van der Waals surface area contributed by atoms with E-state index in [0.717, 1.165) is 0 Å². The van der Waals surface area contributed by atoms with Gasteiger partial charge in [-0.15, -0.1) is 0 Å².